The van der Waals surface area contributed by atoms with E-state index in [1.807, 2.05) is 0 Å². The molecule has 142 valence electrons. The highest BCUT2D eigenvalue weighted by Crippen LogP contribution is 2.31. The third kappa shape index (κ3) is 4.21. The maximum Gasteiger partial charge on any atom is 0.273 e. The Bertz CT molecular complexity index is 1090. The lowest BCUT2D eigenvalue weighted by Crippen LogP contribution is -2.19. The Labute approximate surface area is 169 Å². The predicted octanol–water partition coefficient (Wildman–Crippen LogP) is 5.23. The molecule has 0 unspecified atom stereocenters. The number of nitrogens with zero attached hydrogens (tertiary/aromatic N) is 2. The van der Waals surface area contributed by atoms with Crippen LogP contribution in [0.2, 0.25) is 10.0 Å². The van der Waals surface area contributed by atoms with Crippen molar-refractivity contribution in [3.8, 4) is 11.3 Å². The molecule has 0 atom stereocenters. The molecule has 0 aliphatic rings. The Morgan fingerprint density at radius 1 is 1.21 bits per heavy atom. The Morgan fingerprint density at radius 3 is 2.71 bits per heavy atom. The van der Waals surface area contributed by atoms with E-state index >= 15 is 0 Å². The highest BCUT2D eigenvalue weighted by molar-refractivity contribution is 6.36. The molecule has 3 rings (SSSR count). The van der Waals surface area contributed by atoms with Gasteiger partial charge >= 0.3 is 0 Å². The first-order valence-electron chi connectivity index (χ1n) is 7.99. The molecule has 28 heavy (non-hydrogen) atoms. The van der Waals surface area contributed by atoms with Gasteiger partial charge in [0, 0.05) is 22.2 Å². The molecule has 0 fully saturated rings. The van der Waals surface area contributed by atoms with Gasteiger partial charge in [-0.05, 0) is 43.3 Å². The molecule has 1 amide bonds. The summed E-state index contributed by atoms with van der Waals surface area (Å²) < 4.78 is 5.63. The van der Waals surface area contributed by atoms with Crippen molar-refractivity contribution in [2.75, 3.05) is 0 Å². The minimum absolute atomic E-state index is 0.132. The highest BCUT2D eigenvalue weighted by atomic mass is 35.5. The van der Waals surface area contributed by atoms with Crippen LogP contribution >= 0.6 is 23.2 Å². The highest BCUT2D eigenvalue weighted by Gasteiger charge is 2.17. The lowest BCUT2D eigenvalue weighted by atomic mass is 10.1. The lowest BCUT2D eigenvalue weighted by Gasteiger charge is -2.04. The number of nitrogens with one attached hydrogen (secondary N) is 1. The van der Waals surface area contributed by atoms with Gasteiger partial charge in [0.2, 0.25) is 0 Å². The van der Waals surface area contributed by atoms with Crippen molar-refractivity contribution in [2.24, 2.45) is 5.10 Å². The van der Waals surface area contributed by atoms with Crippen LogP contribution in [0.3, 0.4) is 0 Å². The summed E-state index contributed by atoms with van der Waals surface area (Å²) in [6.07, 6.45) is 1.32. The smallest absolute Gasteiger partial charge is 0.273 e. The van der Waals surface area contributed by atoms with Crippen molar-refractivity contribution in [3.63, 3.8) is 0 Å². The van der Waals surface area contributed by atoms with E-state index in [9.17, 15) is 14.9 Å². The Kier molecular flexibility index (Phi) is 5.77. The van der Waals surface area contributed by atoms with Crippen LogP contribution in [0.15, 0.2) is 58.0 Å². The van der Waals surface area contributed by atoms with E-state index < -0.39 is 10.8 Å². The lowest BCUT2D eigenvalue weighted by molar-refractivity contribution is -0.385. The summed E-state index contributed by atoms with van der Waals surface area (Å²) in [6.45, 7) is 1.51. The average Bonchev–Trinajstić information content (AvgIpc) is 3.10. The fourth-order valence-corrected chi connectivity index (χ4v) is 3.04. The number of amides is 1. The number of hydrogen-bond acceptors (Lipinski definition) is 5. The van der Waals surface area contributed by atoms with E-state index in [1.54, 1.807) is 30.3 Å². The second kappa shape index (κ2) is 8.24. The van der Waals surface area contributed by atoms with Gasteiger partial charge in [-0.1, -0.05) is 29.3 Å². The van der Waals surface area contributed by atoms with Gasteiger partial charge in [0.05, 0.1) is 21.7 Å². The Balaban J connectivity index is 1.72. The van der Waals surface area contributed by atoms with Crippen LogP contribution in [0.1, 0.15) is 21.7 Å². The number of hydrazone groups is 1. The molecule has 0 aliphatic heterocycles. The molecule has 3 aromatic rings. The van der Waals surface area contributed by atoms with Gasteiger partial charge in [-0.15, -0.1) is 0 Å². The van der Waals surface area contributed by atoms with Gasteiger partial charge in [-0.2, -0.15) is 5.10 Å². The first-order chi connectivity index (χ1) is 13.4. The van der Waals surface area contributed by atoms with Crippen LogP contribution in [0, 0.1) is 17.0 Å². The molecule has 2 aromatic carbocycles. The Morgan fingerprint density at radius 2 is 2.00 bits per heavy atom. The number of carbonyl (C=O) groups is 1. The zero-order valence-corrected chi connectivity index (χ0v) is 16.0. The van der Waals surface area contributed by atoms with Crippen molar-refractivity contribution in [1.29, 1.82) is 0 Å². The third-order valence-electron chi connectivity index (χ3n) is 3.93. The summed E-state index contributed by atoms with van der Waals surface area (Å²) in [5, 5.41) is 15.8. The van der Waals surface area contributed by atoms with E-state index in [2.05, 4.69) is 10.5 Å². The van der Waals surface area contributed by atoms with Crippen molar-refractivity contribution in [2.45, 2.75) is 6.92 Å². The molecule has 7 nitrogen and oxygen atoms in total. The summed E-state index contributed by atoms with van der Waals surface area (Å²) in [6, 6.07) is 12.7. The van der Waals surface area contributed by atoms with Crippen LogP contribution < -0.4 is 5.43 Å². The molecular formula is C19H13Cl2N3O4. The van der Waals surface area contributed by atoms with Gasteiger partial charge in [0.15, 0.2) is 0 Å². The molecule has 0 spiro atoms. The second-order valence-corrected chi connectivity index (χ2v) is 6.58. The van der Waals surface area contributed by atoms with Crippen molar-refractivity contribution in [3.05, 3.63) is 85.6 Å². The molecule has 0 saturated carbocycles. The van der Waals surface area contributed by atoms with Crippen molar-refractivity contribution < 1.29 is 14.1 Å². The number of halogens is 2. The molecule has 0 aliphatic carbocycles. The molecular weight excluding hydrogens is 405 g/mol. The van der Waals surface area contributed by atoms with Crippen molar-refractivity contribution in [1.82, 2.24) is 5.43 Å². The van der Waals surface area contributed by atoms with Gasteiger partial charge in [0.1, 0.15) is 11.5 Å². The topological polar surface area (TPSA) is 97.7 Å². The number of nitro benzene ring substituents is 1. The van der Waals surface area contributed by atoms with Gasteiger partial charge in [-0.3, -0.25) is 14.9 Å². The zero-order valence-electron chi connectivity index (χ0n) is 14.5. The standard InChI is InChI=1S/C19H13Cl2N3O4/c1-11-14(3-2-4-17(11)24(26)27)19(25)23-22-10-13-6-8-18(28-13)15-7-5-12(20)9-16(15)21/h2-10H,1H3,(H,23,25)/b22-10-. The summed E-state index contributed by atoms with van der Waals surface area (Å²) in [4.78, 5) is 22.7. The first kappa shape index (κ1) is 19.6. The number of rotatable bonds is 5. The molecule has 0 saturated heterocycles. The van der Waals surface area contributed by atoms with Gasteiger partial charge in [-0.25, -0.2) is 5.43 Å². The van der Waals surface area contributed by atoms with E-state index in [1.165, 1.54) is 31.3 Å². The largest absolute Gasteiger partial charge is 0.455 e. The van der Waals surface area contributed by atoms with Crippen LogP contribution in [0.5, 0.6) is 0 Å². The van der Waals surface area contributed by atoms with Crippen LogP contribution in [-0.2, 0) is 0 Å². The number of nitro groups is 1. The molecule has 1 heterocycles. The number of carbonyl (C=O) groups excluding carboxylic acids is 1. The number of benzene rings is 2. The maximum absolute atomic E-state index is 12.2. The Hall–Kier alpha value is -3.16. The summed E-state index contributed by atoms with van der Waals surface area (Å²) in [7, 11) is 0. The first-order valence-corrected chi connectivity index (χ1v) is 8.75. The van der Waals surface area contributed by atoms with E-state index in [4.69, 9.17) is 27.6 Å². The molecule has 9 heteroatoms. The SMILES string of the molecule is Cc1c(C(=O)N/N=C\c2ccc(-c3ccc(Cl)cc3Cl)o2)cccc1[N+](=O)[O-]. The predicted molar refractivity (Wildman–Crippen MR) is 107 cm³/mol. The average molecular weight is 418 g/mol. The van der Waals surface area contributed by atoms with E-state index in [0.29, 0.717) is 27.1 Å². The summed E-state index contributed by atoms with van der Waals surface area (Å²) >= 11 is 12.0. The molecule has 0 radical (unpaired) electrons. The molecule has 0 bridgehead atoms. The van der Waals surface area contributed by atoms with Crippen molar-refractivity contribution >= 4 is 41.0 Å². The van der Waals surface area contributed by atoms with E-state index in [0.717, 1.165) is 0 Å². The van der Waals surface area contributed by atoms with Gasteiger partial charge in [0.25, 0.3) is 11.6 Å². The minimum atomic E-state index is -0.565. The van der Waals surface area contributed by atoms with Crippen LogP contribution in [-0.4, -0.2) is 17.0 Å². The van der Waals surface area contributed by atoms with Crippen LogP contribution in [0.25, 0.3) is 11.3 Å². The molecule has 1 N–H and O–H groups in total. The summed E-state index contributed by atoms with van der Waals surface area (Å²) in [5.74, 6) is 0.339. The summed E-state index contributed by atoms with van der Waals surface area (Å²) in [5.41, 5.74) is 3.29. The van der Waals surface area contributed by atoms with E-state index in [-0.39, 0.29) is 16.8 Å². The fraction of sp³-hybridized carbons (Fsp3) is 0.0526. The monoisotopic (exact) mass is 417 g/mol. The maximum atomic E-state index is 12.2. The zero-order chi connectivity index (χ0) is 20.3. The quantitative estimate of drug-likeness (QED) is 0.348. The third-order valence-corrected chi connectivity index (χ3v) is 4.48. The molecule has 1 aromatic heterocycles. The number of furan rings is 1. The normalized spacial score (nSPS) is 11.0. The van der Waals surface area contributed by atoms with Crippen LogP contribution in [0.4, 0.5) is 5.69 Å². The van der Waals surface area contributed by atoms with Gasteiger partial charge < -0.3 is 4.42 Å². The number of hydrogen-bond donors (Lipinski definition) is 1. The minimum Gasteiger partial charge on any atom is -0.455 e. The fourth-order valence-electron chi connectivity index (χ4n) is 2.54. The second-order valence-electron chi connectivity index (χ2n) is 5.73.